The van der Waals surface area contributed by atoms with Crippen LogP contribution in [0.1, 0.15) is 31.4 Å². The molecule has 76 valence electrons. The van der Waals surface area contributed by atoms with E-state index in [0.717, 1.165) is 19.5 Å². The van der Waals surface area contributed by atoms with Crippen molar-refractivity contribution in [1.82, 2.24) is 15.1 Å². The minimum absolute atomic E-state index is 0.152. The van der Waals surface area contributed by atoms with Crippen molar-refractivity contribution in [2.24, 2.45) is 0 Å². The van der Waals surface area contributed by atoms with E-state index < -0.39 is 0 Å². The van der Waals surface area contributed by atoms with Crippen LogP contribution in [0.3, 0.4) is 0 Å². The molecule has 14 heavy (non-hydrogen) atoms. The second-order valence-corrected chi connectivity index (χ2v) is 3.68. The number of nitrogens with one attached hydrogen (secondary N) is 1. The molecule has 2 rings (SSSR count). The molecule has 0 spiro atoms. The monoisotopic (exact) mass is 193 g/mol. The van der Waals surface area contributed by atoms with E-state index in [-0.39, 0.29) is 5.91 Å². The fourth-order valence-electron chi connectivity index (χ4n) is 1.90. The molecule has 1 amide bonds. The number of aromatic nitrogens is 2. The number of aryl methyl sites for hydroxylation is 1. The lowest BCUT2D eigenvalue weighted by molar-refractivity contribution is -0.119. The van der Waals surface area contributed by atoms with E-state index in [0.29, 0.717) is 12.3 Å². The van der Waals surface area contributed by atoms with Crippen LogP contribution in [0.4, 0.5) is 0 Å². The maximum Gasteiger partial charge on any atom is 0.220 e. The van der Waals surface area contributed by atoms with Crippen molar-refractivity contribution in [2.75, 3.05) is 6.54 Å². The highest BCUT2D eigenvalue weighted by Crippen LogP contribution is 2.22. The summed E-state index contributed by atoms with van der Waals surface area (Å²) in [6, 6.07) is 2.01. The molecule has 1 aromatic heterocycles. The Morgan fingerprint density at radius 1 is 1.71 bits per heavy atom. The Hall–Kier alpha value is -1.32. The van der Waals surface area contributed by atoms with Gasteiger partial charge in [0.15, 0.2) is 0 Å². The molecule has 0 radical (unpaired) electrons. The molecule has 2 heterocycles. The maximum absolute atomic E-state index is 11.1. The Morgan fingerprint density at radius 2 is 2.57 bits per heavy atom. The van der Waals surface area contributed by atoms with Gasteiger partial charge in [-0.15, -0.1) is 0 Å². The van der Waals surface area contributed by atoms with E-state index >= 15 is 0 Å². The molecule has 1 atom stereocenters. The zero-order valence-electron chi connectivity index (χ0n) is 8.36. The number of carbonyl (C=O) groups is 1. The van der Waals surface area contributed by atoms with Gasteiger partial charge < -0.3 is 5.32 Å². The molecule has 0 saturated carbocycles. The largest absolute Gasteiger partial charge is 0.355 e. The zero-order chi connectivity index (χ0) is 9.97. The lowest BCUT2D eigenvalue weighted by Gasteiger charge is -2.10. The molecule has 1 fully saturated rings. The van der Waals surface area contributed by atoms with Gasteiger partial charge in [0, 0.05) is 37.3 Å². The van der Waals surface area contributed by atoms with Crippen molar-refractivity contribution in [1.29, 1.82) is 0 Å². The van der Waals surface area contributed by atoms with Gasteiger partial charge in [-0.2, -0.15) is 5.10 Å². The first-order chi connectivity index (χ1) is 6.81. The first kappa shape index (κ1) is 9.24. The van der Waals surface area contributed by atoms with Gasteiger partial charge in [0.05, 0.1) is 0 Å². The average Bonchev–Trinajstić information content (AvgIpc) is 2.74. The second-order valence-electron chi connectivity index (χ2n) is 3.68. The maximum atomic E-state index is 11.1. The number of hydrogen-bond donors (Lipinski definition) is 1. The van der Waals surface area contributed by atoms with Crippen molar-refractivity contribution < 1.29 is 4.79 Å². The van der Waals surface area contributed by atoms with Crippen molar-refractivity contribution in [3.05, 3.63) is 18.0 Å². The van der Waals surface area contributed by atoms with Gasteiger partial charge in [-0.05, 0) is 12.5 Å². The van der Waals surface area contributed by atoms with Gasteiger partial charge in [0.25, 0.3) is 0 Å². The predicted octanol–water partition coefficient (Wildman–Crippen LogP) is 0.897. The predicted molar refractivity (Wildman–Crippen MR) is 52.9 cm³/mol. The molecule has 1 aromatic rings. The number of hydrogen-bond acceptors (Lipinski definition) is 2. The molecule has 1 N–H and O–H groups in total. The van der Waals surface area contributed by atoms with Gasteiger partial charge in [-0.25, -0.2) is 0 Å². The van der Waals surface area contributed by atoms with Crippen LogP contribution in [0.2, 0.25) is 0 Å². The summed E-state index contributed by atoms with van der Waals surface area (Å²) >= 11 is 0. The van der Waals surface area contributed by atoms with Crippen LogP contribution in [0.5, 0.6) is 0 Å². The Morgan fingerprint density at radius 3 is 3.21 bits per heavy atom. The number of carbonyl (C=O) groups excluding carboxylic acids is 1. The molecule has 1 unspecified atom stereocenters. The van der Waals surface area contributed by atoms with Gasteiger partial charge in [0.2, 0.25) is 5.91 Å². The van der Waals surface area contributed by atoms with Crippen LogP contribution in [0, 0.1) is 0 Å². The minimum atomic E-state index is 0.152. The Balaban J connectivity index is 2.14. The molecule has 0 aliphatic carbocycles. The molecule has 1 aliphatic rings. The third-order valence-corrected chi connectivity index (χ3v) is 2.58. The molecule has 1 aliphatic heterocycles. The van der Waals surface area contributed by atoms with Gasteiger partial charge in [-0.1, -0.05) is 6.92 Å². The fourth-order valence-corrected chi connectivity index (χ4v) is 1.90. The zero-order valence-corrected chi connectivity index (χ0v) is 8.36. The van der Waals surface area contributed by atoms with Crippen molar-refractivity contribution in [3.8, 4) is 0 Å². The lowest BCUT2D eigenvalue weighted by atomic mass is 10.1. The molecule has 0 bridgehead atoms. The summed E-state index contributed by atoms with van der Waals surface area (Å²) in [5, 5.41) is 7.10. The van der Waals surface area contributed by atoms with Gasteiger partial charge in [-0.3, -0.25) is 9.48 Å². The summed E-state index contributed by atoms with van der Waals surface area (Å²) in [6.07, 6.45) is 3.49. The smallest absolute Gasteiger partial charge is 0.220 e. The lowest BCUT2D eigenvalue weighted by Crippen LogP contribution is -2.14. The third kappa shape index (κ3) is 1.64. The molecular weight excluding hydrogens is 178 g/mol. The Labute approximate surface area is 83.3 Å². The first-order valence-electron chi connectivity index (χ1n) is 5.09. The summed E-state index contributed by atoms with van der Waals surface area (Å²) in [5.74, 6) is 0.468. The van der Waals surface area contributed by atoms with E-state index in [1.165, 1.54) is 5.69 Å². The van der Waals surface area contributed by atoms with E-state index in [1.807, 2.05) is 16.9 Å². The summed E-state index contributed by atoms with van der Waals surface area (Å²) in [4.78, 5) is 11.1. The topological polar surface area (TPSA) is 46.9 Å². The summed E-state index contributed by atoms with van der Waals surface area (Å²) < 4.78 is 2.00. The van der Waals surface area contributed by atoms with Crippen LogP contribution in [0.15, 0.2) is 12.3 Å². The summed E-state index contributed by atoms with van der Waals surface area (Å²) in [5.41, 5.74) is 1.19. The van der Waals surface area contributed by atoms with E-state index in [2.05, 4.69) is 17.3 Å². The third-order valence-electron chi connectivity index (χ3n) is 2.58. The summed E-state index contributed by atoms with van der Waals surface area (Å²) in [6.45, 7) is 3.82. The van der Waals surface area contributed by atoms with Crippen molar-refractivity contribution in [2.45, 2.75) is 32.2 Å². The molecule has 4 heteroatoms. The Kier molecular flexibility index (Phi) is 2.52. The van der Waals surface area contributed by atoms with Crippen molar-refractivity contribution in [3.63, 3.8) is 0 Å². The Bertz CT molecular complexity index is 332. The van der Waals surface area contributed by atoms with Gasteiger partial charge >= 0.3 is 0 Å². The van der Waals surface area contributed by atoms with Crippen LogP contribution in [-0.4, -0.2) is 22.2 Å². The molecule has 4 nitrogen and oxygen atoms in total. The van der Waals surface area contributed by atoms with Crippen LogP contribution >= 0.6 is 0 Å². The molecule has 1 saturated heterocycles. The normalized spacial score (nSPS) is 21.2. The SMILES string of the molecule is CCCn1nccc1C1CNC(=O)C1. The molecular formula is C10H15N3O. The number of rotatable bonds is 3. The fraction of sp³-hybridized carbons (Fsp3) is 0.600. The van der Waals surface area contributed by atoms with Crippen molar-refractivity contribution >= 4 is 5.91 Å². The quantitative estimate of drug-likeness (QED) is 0.775. The minimum Gasteiger partial charge on any atom is -0.355 e. The summed E-state index contributed by atoms with van der Waals surface area (Å²) in [7, 11) is 0. The number of amides is 1. The van der Waals surface area contributed by atoms with Crippen LogP contribution in [0.25, 0.3) is 0 Å². The van der Waals surface area contributed by atoms with E-state index in [9.17, 15) is 4.79 Å². The average molecular weight is 193 g/mol. The first-order valence-corrected chi connectivity index (χ1v) is 5.09. The highest BCUT2D eigenvalue weighted by molar-refractivity contribution is 5.79. The van der Waals surface area contributed by atoms with E-state index in [1.54, 1.807) is 0 Å². The highest BCUT2D eigenvalue weighted by atomic mass is 16.1. The van der Waals surface area contributed by atoms with E-state index in [4.69, 9.17) is 0 Å². The molecule has 0 aromatic carbocycles. The van der Waals surface area contributed by atoms with Crippen LogP contribution in [-0.2, 0) is 11.3 Å². The second kappa shape index (κ2) is 3.82. The highest BCUT2D eigenvalue weighted by Gasteiger charge is 2.25. The standard InChI is InChI=1S/C10H15N3O/c1-2-5-13-9(3-4-12-13)8-6-10(14)11-7-8/h3-4,8H,2,5-7H2,1H3,(H,11,14). The van der Waals surface area contributed by atoms with Crippen LogP contribution < -0.4 is 5.32 Å². The number of nitrogens with zero attached hydrogens (tertiary/aromatic N) is 2. The van der Waals surface area contributed by atoms with Gasteiger partial charge in [0.1, 0.15) is 0 Å².